The van der Waals surface area contributed by atoms with Crippen molar-refractivity contribution < 1.29 is 0 Å². The fourth-order valence-corrected chi connectivity index (χ4v) is 4.03. The molecule has 0 aromatic carbocycles. The van der Waals surface area contributed by atoms with Crippen molar-refractivity contribution in [3.63, 3.8) is 0 Å². The van der Waals surface area contributed by atoms with Gasteiger partial charge in [-0.2, -0.15) is 5.10 Å². The number of nitrogens with one attached hydrogen (secondary N) is 1. The molecule has 2 rings (SSSR count). The molecule has 114 valence electrons. The zero-order valence-corrected chi connectivity index (χ0v) is 13.8. The summed E-state index contributed by atoms with van der Waals surface area (Å²) in [6.07, 6.45) is 9.39. The van der Waals surface area contributed by atoms with Crippen molar-refractivity contribution in [2.45, 2.75) is 71.9 Å². The molecule has 20 heavy (non-hydrogen) atoms. The fraction of sp³-hybridized carbons (Fsp3) is 0.812. The summed E-state index contributed by atoms with van der Waals surface area (Å²) in [6, 6.07) is 0.335. The first-order chi connectivity index (χ1) is 9.68. The Labute approximate surface area is 128 Å². The molecule has 0 radical (unpaired) electrons. The highest BCUT2D eigenvalue weighted by molar-refractivity contribution is 6.31. The van der Waals surface area contributed by atoms with Gasteiger partial charge in [-0.15, -0.1) is 0 Å². The molecule has 1 aliphatic carbocycles. The summed E-state index contributed by atoms with van der Waals surface area (Å²) in [5.41, 5.74) is 1.56. The number of aryl methyl sites for hydroxylation is 1. The molecule has 0 aliphatic heterocycles. The van der Waals surface area contributed by atoms with Crippen molar-refractivity contribution in [2.24, 2.45) is 5.41 Å². The molecule has 1 heterocycles. The average molecular weight is 298 g/mol. The Morgan fingerprint density at radius 1 is 1.35 bits per heavy atom. The number of halogens is 1. The SMILES string of the molecule is CCCn1ncc(Cl)c1C(NCC)C1(CC)CCCC1. The first-order valence-corrected chi connectivity index (χ1v) is 8.51. The standard InChI is InChI=1S/C16H28ClN3/c1-4-11-20-14(13(17)12-19-20)15(18-6-3)16(5-2)9-7-8-10-16/h12,15,18H,4-11H2,1-3H3. The van der Waals surface area contributed by atoms with Gasteiger partial charge in [-0.3, -0.25) is 4.68 Å². The lowest BCUT2D eigenvalue weighted by molar-refractivity contribution is 0.180. The number of hydrogen-bond donors (Lipinski definition) is 1. The minimum absolute atomic E-state index is 0.335. The van der Waals surface area contributed by atoms with Crippen LogP contribution in [0.3, 0.4) is 0 Å². The number of nitrogens with zero attached hydrogens (tertiary/aromatic N) is 2. The third-order valence-corrected chi connectivity index (χ3v) is 5.16. The average Bonchev–Trinajstić information content (AvgIpc) is 3.06. The van der Waals surface area contributed by atoms with E-state index in [4.69, 9.17) is 11.6 Å². The van der Waals surface area contributed by atoms with Crippen LogP contribution in [0.5, 0.6) is 0 Å². The van der Waals surface area contributed by atoms with E-state index in [9.17, 15) is 0 Å². The van der Waals surface area contributed by atoms with E-state index in [1.54, 1.807) is 0 Å². The Bertz CT molecular complexity index is 421. The normalized spacial score (nSPS) is 19.4. The monoisotopic (exact) mass is 297 g/mol. The van der Waals surface area contributed by atoms with E-state index in [1.165, 1.54) is 37.8 Å². The molecule has 1 unspecified atom stereocenters. The van der Waals surface area contributed by atoms with Crippen LogP contribution in [0.2, 0.25) is 5.02 Å². The van der Waals surface area contributed by atoms with Crippen LogP contribution in [-0.4, -0.2) is 16.3 Å². The van der Waals surface area contributed by atoms with E-state index in [0.29, 0.717) is 11.5 Å². The molecule has 0 amide bonds. The van der Waals surface area contributed by atoms with Gasteiger partial charge in [-0.25, -0.2) is 0 Å². The Balaban J connectivity index is 2.39. The lowest BCUT2D eigenvalue weighted by atomic mass is 9.74. The van der Waals surface area contributed by atoms with Gasteiger partial charge in [0.1, 0.15) is 0 Å². The van der Waals surface area contributed by atoms with Crippen LogP contribution < -0.4 is 5.32 Å². The van der Waals surface area contributed by atoms with Crippen molar-refractivity contribution in [1.82, 2.24) is 15.1 Å². The van der Waals surface area contributed by atoms with Gasteiger partial charge in [0.2, 0.25) is 0 Å². The van der Waals surface area contributed by atoms with Crippen LogP contribution in [0, 0.1) is 5.41 Å². The second-order valence-electron chi connectivity index (χ2n) is 6.01. The van der Waals surface area contributed by atoms with Crippen molar-refractivity contribution in [3.8, 4) is 0 Å². The lowest BCUT2D eigenvalue weighted by Crippen LogP contribution is -2.38. The first-order valence-electron chi connectivity index (χ1n) is 8.13. The molecular weight excluding hydrogens is 270 g/mol. The zero-order chi connectivity index (χ0) is 14.6. The van der Waals surface area contributed by atoms with E-state index in [0.717, 1.165) is 24.5 Å². The van der Waals surface area contributed by atoms with Crippen LogP contribution in [0.15, 0.2) is 6.20 Å². The van der Waals surface area contributed by atoms with Crippen LogP contribution in [0.25, 0.3) is 0 Å². The Hall–Kier alpha value is -0.540. The molecule has 1 aromatic rings. The van der Waals surface area contributed by atoms with Gasteiger partial charge in [0.15, 0.2) is 0 Å². The predicted octanol–water partition coefficient (Wildman–Crippen LogP) is 4.57. The Morgan fingerprint density at radius 2 is 2.05 bits per heavy atom. The van der Waals surface area contributed by atoms with Gasteiger partial charge in [-0.05, 0) is 37.6 Å². The highest BCUT2D eigenvalue weighted by Crippen LogP contribution is 2.51. The highest BCUT2D eigenvalue weighted by atomic mass is 35.5. The second-order valence-corrected chi connectivity index (χ2v) is 6.42. The van der Waals surface area contributed by atoms with Crippen molar-refractivity contribution in [3.05, 3.63) is 16.9 Å². The predicted molar refractivity (Wildman–Crippen MR) is 85.1 cm³/mol. The molecule has 1 aliphatic rings. The minimum Gasteiger partial charge on any atom is -0.308 e. The van der Waals surface area contributed by atoms with E-state index in [2.05, 4.69) is 35.9 Å². The summed E-state index contributed by atoms with van der Waals surface area (Å²) >= 11 is 6.49. The molecule has 3 nitrogen and oxygen atoms in total. The third kappa shape index (κ3) is 2.89. The minimum atomic E-state index is 0.335. The van der Waals surface area contributed by atoms with E-state index >= 15 is 0 Å². The van der Waals surface area contributed by atoms with Gasteiger partial charge < -0.3 is 5.32 Å². The van der Waals surface area contributed by atoms with Gasteiger partial charge >= 0.3 is 0 Å². The van der Waals surface area contributed by atoms with Crippen LogP contribution in [-0.2, 0) is 6.54 Å². The van der Waals surface area contributed by atoms with Crippen LogP contribution in [0.4, 0.5) is 0 Å². The van der Waals surface area contributed by atoms with Crippen LogP contribution in [0.1, 0.15) is 71.0 Å². The second kappa shape index (κ2) is 6.95. The maximum Gasteiger partial charge on any atom is 0.0834 e. The van der Waals surface area contributed by atoms with E-state index in [-0.39, 0.29) is 0 Å². The molecular formula is C16H28ClN3. The summed E-state index contributed by atoms with van der Waals surface area (Å²) in [5, 5.41) is 9.03. The molecule has 1 aromatic heterocycles. The number of aromatic nitrogens is 2. The van der Waals surface area contributed by atoms with Gasteiger partial charge in [0.05, 0.1) is 23.0 Å². The highest BCUT2D eigenvalue weighted by Gasteiger charge is 2.42. The molecule has 1 N–H and O–H groups in total. The van der Waals surface area contributed by atoms with Gasteiger partial charge in [-0.1, -0.05) is 45.2 Å². The molecule has 1 atom stereocenters. The molecule has 0 bridgehead atoms. The summed E-state index contributed by atoms with van der Waals surface area (Å²) in [7, 11) is 0. The molecule has 4 heteroatoms. The molecule has 1 fully saturated rings. The zero-order valence-electron chi connectivity index (χ0n) is 13.1. The Morgan fingerprint density at radius 3 is 2.60 bits per heavy atom. The fourth-order valence-electron chi connectivity index (χ4n) is 3.78. The summed E-state index contributed by atoms with van der Waals surface area (Å²) in [5.74, 6) is 0. The summed E-state index contributed by atoms with van der Waals surface area (Å²) in [4.78, 5) is 0. The maximum atomic E-state index is 6.49. The molecule has 0 saturated heterocycles. The van der Waals surface area contributed by atoms with E-state index < -0.39 is 0 Å². The largest absolute Gasteiger partial charge is 0.308 e. The topological polar surface area (TPSA) is 29.9 Å². The Kier molecular flexibility index (Phi) is 5.50. The number of hydrogen-bond acceptors (Lipinski definition) is 2. The van der Waals surface area contributed by atoms with E-state index in [1.807, 2.05) is 6.20 Å². The van der Waals surface area contributed by atoms with Crippen LogP contribution >= 0.6 is 11.6 Å². The van der Waals surface area contributed by atoms with Crippen molar-refractivity contribution >= 4 is 11.6 Å². The van der Waals surface area contributed by atoms with Crippen molar-refractivity contribution in [1.29, 1.82) is 0 Å². The van der Waals surface area contributed by atoms with Gasteiger partial charge in [0, 0.05) is 6.54 Å². The first kappa shape index (κ1) is 15.8. The number of rotatable bonds is 7. The van der Waals surface area contributed by atoms with Crippen molar-refractivity contribution in [2.75, 3.05) is 6.54 Å². The van der Waals surface area contributed by atoms with Gasteiger partial charge in [0.25, 0.3) is 0 Å². The summed E-state index contributed by atoms with van der Waals surface area (Å²) in [6.45, 7) is 8.61. The lowest BCUT2D eigenvalue weighted by Gasteiger charge is -2.38. The summed E-state index contributed by atoms with van der Waals surface area (Å²) < 4.78 is 2.12. The third-order valence-electron chi connectivity index (χ3n) is 4.87. The molecule has 1 saturated carbocycles. The maximum absolute atomic E-state index is 6.49. The quantitative estimate of drug-likeness (QED) is 0.799. The smallest absolute Gasteiger partial charge is 0.0834 e. The molecule has 0 spiro atoms.